The van der Waals surface area contributed by atoms with Crippen molar-refractivity contribution in [3.8, 4) is 11.3 Å². The van der Waals surface area contributed by atoms with Gasteiger partial charge in [-0.15, -0.1) is 0 Å². The van der Waals surface area contributed by atoms with Crippen LogP contribution in [0.15, 0.2) is 24.4 Å². The SMILES string of the molecule is CC(C)NCCCc1ncc(-c2cccc(F)c2F)[nH]1. The van der Waals surface area contributed by atoms with Crippen molar-refractivity contribution in [2.75, 3.05) is 6.54 Å². The van der Waals surface area contributed by atoms with Gasteiger partial charge in [0.15, 0.2) is 11.6 Å². The number of hydrogen-bond acceptors (Lipinski definition) is 2. The number of benzene rings is 1. The van der Waals surface area contributed by atoms with Gasteiger partial charge in [-0.3, -0.25) is 0 Å². The Balaban J connectivity index is 2.00. The van der Waals surface area contributed by atoms with E-state index in [-0.39, 0.29) is 5.56 Å². The molecule has 0 aliphatic heterocycles. The molecule has 0 saturated carbocycles. The number of imidazole rings is 1. The average molecular weight is 279 g/mol. The number of aromatic amines is 1. The molecule has 0 unspecified atom stereocenters. The first-order valence-electron chi connectivity index (χ1n) is 6.79. The van der Waals surface area contributed by atoms with Crippen LogP contribution >= 0.6 is 0 Å². The molecule has 0 amide bonds. The monoisotopic (exact) mass is 279 g/mol. The summed E-state index contributed by atoms with van der Waals surface area (Å²) in [5.74, 6) is -0.904. The van der Waals surface area contributed by atoms with Gasteiger partial charge in [0.1, 0.15) is 5.82 Å². The van der Waals surface area contributed by atoms with E-state index in [1.807, 2.05) is 0 Å². The van der Waals surface area contributed by atoms with Crippen molar-refractivity contribution >= 4 is 0 Å². The molecule has 20 heavy (non-hydrogen) atoms. The van der Waals surface area contributed by atoms with Gasteiger partial charge < -0.3 is 10.3 Å². The summed E-state index contributed by atoms with van der Waals surface area (Å²) in [6, 6.07) is 4.59. The normalized spacial score (nSPS) is 11.2. The molecule has 0 spiro atoms. The molecule has 108 valence electrons. The van der Waals surface area contributed by atoms with Crippen molar-refractivity contribution in [2.24, 2.45) is 0 Å². The van der Waals surface area contributed by atoms with Gasteiger partial charge in [-0.1, -0.05) is 19.9 Å². The topological polar surface area (TPSA) is 40.7 Å². The molecular weight excluding hydrogens is 260 g/mol. The molecule has 0 aliphatic carbocycles. The second kappa shape index (κ2) is 6.61. The highest BCUT2D eigenvalue weighted by atomic mass is 19.2. The molecule has 0 fully saturated rings. The summed E-state index contributed by atoms with van der Waals surface area (Å²) >= 11 is 0. The number of nitrogens with zero attached hydrogens (tertiary/aromatic N) is 1. The van der Waals surface area contributed by atoms with Gasteiger partial charge >= 0.3 is 0 Å². The maximum atomic E-state index is 13.7. The maximum Gasteiger partial charge on any atom is 0.168 e. The third-order valence-electron chi connectivity index (χ3n) is 3.01. The number of aromatic nitrogens is 2. The fraction of sp³-hybridized carbons (Fsp3) is 0.400. The predicted molar refractivity (Wildman–Crippen MR) is 75.4 cm³/mol. The van der Waals surface area contributed by atoms with Crippen LogP contribution in [-0.4, -0.2) is 22.6 Å². The molecule has 3 nitrogen and oxygen atoms in total. The summed E-state index contributed by atoms with van der Waals surface area (Å²) in [6.07, 6.45) is 3.26. The largest absolute Gasteiger partial charge is 0.342 e. The highest BCUT2D eigenvalue weighted by Crippen LogP contribution is 2.22. The number of halogens is 2. The zero-order valence-corrected chi connectivity index (χ0v) is 11.7. The van der Waals surface area contributed by atoms with E-state index in [4.69, 9.17) is 0 Å². The molecule has 2 rings (SSSR count). The molecule has 0 saturated heterocycles. The average Bonchev–Trinajstić information content (AvgIpc) is 2.86. The molecule has 5 heteroatoms. The maximum absolute atomic E-state index is 13.7. The van der Waals surface area contributed by atoms with Gasteiger partial charge in [0, 0.05) is 18.0 Å². The van der Waals surface area contributed by atoms with Crippen LogP contribution in [0.5, 0.6) is 0 Å². The quantitative estimate of drug-likeness (QED) is 0.797. The molecule has 1 heterocycles. The van der Waals surface area contributed by atoms with E-state index in [0.717, 1.165) is 31.3 Å². The van der Waals surface area contributed by atoms with Crippen molar-refractivity contribution in [3.63, 3.8) is 0 Å². The van der Waals surface area contributed by atoms with Gasteiger partial charge in [0.25, 0.3) is 0 Å². The Hall–Kier alpha value is -1.75. The standard InChI is InChI=1S/C15H19F2N3/c1-10(2)18-8-4-7-14-19-9-13(20-14)11-5-3-6-12(16)15(11)17/h3,5-6,9-10,18H,4,7-8H2,1-2H3,(H,19,20). The van der Waals surface area contributed by atoms with E-state index >= 15 is 0 Å². The fourth-order valence-corrected chi connectivity index (χ4v) is 1.98. The van der Waals surface area contributed by atoms with Crippen LogP contribution in [0.1, 0.15) is 26.1 Å². The summed E-state index contributed by atoms with van der Waals surface area (Å²) < 4.78 is 26.8. The van der Waals surface area contributed by atoms with Crippen molar-refractivity contribution < 1.29 is 8.78 Å². The van der Waals surface area contributed by atoms with Crippen LogP contribution < -0.4 is 5.32 Å². The van der Waals surface area contributed by atoms with Crippen molar-refractivity contribution in [3.05, 3.63) is 41.9 Å². The Kier molecular flexibility index (Phi) is 4.84. The molecule has 1 aromatic heterocycles. The second-order valence-corrected chi connectivity index (χ2v) is 5.06. The van der Waals surface area contributed by atoms with Gasteiger partial charge in [-0.25, -0.2) is 13.8 Å². The third kappa shape index (κ3) is 3.63. The highest BCUT2D eigenvalue weighted by Gasteiger charge is 2.11. The minimum absolute atomic E-state index is 0.212. The molecule has 0 bridgehead atoms. The van der Waals surface area contributed by atoms with Crippen LogP contribution in [0.4, 0.5) is 8.78 Å². The number of hydrogen-bond donors (Lipinski definition) is 2. The van der Waals surface area contributed by atoms with Gasteiger partial charge in [-0.05, 0) is 25.1 Å². The summed E-state index contributed by atoms with van der Waals surface area (Å²) in [4.78, 5) is 7.25. The second-order valence-electron chi connectivity index (χ2n) is 5.06. The Morgan fingerprint density at radius 3 is 2.85 bits per heavy atom. The Morgan fingerprint density at radius 1 is 1.30 bits per heavy atom. The fourth-order valence-electron chi connectivity index (χ4n) is 1.98. The lowest BCUT2D eigenvalue weighted by Gasteiger charge is -2.06. The van der Waals surface area contributed by atoms with E-state index < -0.39 is 11.6 Å². The van der Waals surface area contributed by atoms with Crippen LogP contribution in [0.3, 0.4) is 0 Å². The highest BCUT2D eigenvalue weighted by molar-refractivity contribution is 5.59. The van der Waals surface area contributed by atoms with Crippen molar-refractivity contribution in [2.45, 2.75) is 32.7 Å². The molecular formula is C15H19F2N3. The Morgan fingerprint density at radius 2 is 2.10 bits per heavy atom. The zero-order valence-electron chi connectivity index (χ0n) is 11.7. The lowest BCUT2D eigenvalue weighted by molar-refractivity contribution is 0.511. The summed E-state index contributed by atoms with van der Waals surface area (Å²) in [5.41, 5.74) is 0.720. The molecule has 2 aromatic rings. The summed E-state index contributed by atoms with van der Waals surface area (Å²) in [7, 11) is 0. The molecule has 0 aliphatic rings. The van der Waals surface area contributed by atoms with E-state index in [1.54, 1.807) is 6.20 Å². The Bertz CT molecular complexity index is 564. The first-order chi connectivity index (χ1) is 9.58. The van der Waals surface area contributed by atoms with E-state index in [0.29, 0.717) is 11.7 Å². The smallest absolute Gasteiger partial charge is 0.168 e. The molecule has 0 atom stereocenters. The third-order valence-corrected chi connectivity index (χ3v) is 3.01. The number of rotatable bonds is 6. The van der Waals surface area contributed by atoms with Gasteiger partial charge in [-0.2, -0.15) is 0 Å². The lowest BCUT2D eigenvalue weighted by Crippen LogP contribution is -2.24. The minimum atomic E-state index is -0.847. The first kappa shape index (κ1) is 14.7. The van der Waals surface area contributed by atoms with Crippen LogP contribution in [0.2, 0.25) is 0 Å². The molecule has 2 N–H and O–H groups in total. The van der Waals surface area contributed by atoms with Gasteiger partial charge in [0.2, 0.25) is 0 Å². The summed E-state index contributed by atoms with van der Waals surface area (Å²) in [5, 5.41) is 3.32. The number of H-pyrrole nitrogens is 1. The van der Waals surface area contributed by atoms with Crippen molar-refractivity contribution in [1.82, 2.24) is 15.3 Å². The summed E-state index contributed by atoms with van der Waals surface area (Å²) in [6.45, 7) is 5.09. The lowest BCUT2D eigenvalue weighted by atomic mass is 10.1. The van der Waals surface area contributed by atoms with Crippen LogP contribution in [0.25, 0.3) is 11.3 Å². The van der Waals surface area contributed by atoms with E-state index in [9.17, 15) is 8.78 Å². The minimum Gasteiger partial charge on any atom is -0.342 e. The van der Waals surface area contributed by atoms with Crippen LogP contribution in [0, 0.1) is 11.6 Å². The van der Waals surface area contributed by atoms with Crippen LogP contribution in [-0.2, 0) is 6.42 Å². The predicted octanol–water partition coefficient (Wildman–Crippen LogP) is 3.29. The number of nitrogens with one attached hydrogen (secondary N) is 2. The molecule has 1 aromatic carbocycles. The van der Waals surface area contributed by atoms with E-state index in [2.05, 4.69) is 29.1 Å². The first-order valence-corrected chi connectivity index (χ1v) is 6.79. The van der Waals surface area contributed by atoms with Gasteiger partial charge in [0.05, 0.1) is 11.9 Å². The van der Waals surface area contributed by atoms with E-state index in [1.165, 1.54) is 12.1 Å². The molecule has 0 radical (unpaired) electrons. The number of aryl methyl sites for hydroxylation is 1. The Labute approximate surface area is 117 Å². The zero-order chi connectivity index (χ0) is 14.5. The van der Waals surface area contributed by atoms with Crippen molar-refractivity contribution in [1.29, 1.82) is 0 Å².